The Bertz CT molecular complexity index is 524. The van der Waals surface area contributed by atoms with Crippen molar-refractivity contribution in [3.8, 4) is 0 Å². The third-order valence-corrected chi connectivity index (χ3v) is 6.64. The minimum absolute atomic E-state index is 0.112. The van der Waals surface area contributed by atoms with Gasteiger partial charge in [-0.1, -0.05) is 36.7 Å². The number of hydrogen-bond acceptors (Lipinski definition) is 1. The van der Waals surface area contributed by atoms with Crippen molar-refractivity contribution in [1.29, 1.82) is 0 Å². The van der Waals surface area contributed by atoms with Crippen molar-refractivity contribution in [2.75, 3.05) is 0 Å². The van der Waals surface area contributed by atoms with Crippen LogP contribution in [0.15, 0.2) is 24.3 Å². The molecular weight excluding hydrogens is 266 g/mol. The summed E-state index contributed by atoms with van der Waals surface area (Å²) in [7, 11) is 0. The molecule has 4 bridgehead atoms. The summed E-state index contributed by atoms with van der Waals surface area (Å²) >= 11 is 6.41. The van der Waals surface area contributed by atoms with E-state index in [0.29, 0.717) is 10.8 Å². The van der Waals surface area contributed by atoms with E-state index < -0.39 is 0 Å². The minimum Gasteiger partial charge on any atom is -0.323 e. The highest BCUT2D eigenvalue weighted by atomic mass is 35.5. The smallest absolute Gasteiger partial charge is 0.0453 e. The molecule has 0 spiro atoms. The molecule has 3 unspecified atom stereocenters. The second kappa shape index (κ2) is 4.24. The van der Waals surface area contributed by atoms with E-state index in [9.17, 15) is 0 Å². The van der Waals surface area contributed by atoms with E-state index in [1.54, 1.807) is 0 Å². The van der Waals surface area contributed by atoms with Crippen LogP contribution in [0.3, 0.4) is 0 Å². The molecule has 2 N–H and O–H groups in total. The van der Waals surface area contributed by atoms with Crippen LogP contribution in [-0.4, -0.2) is 0 Å². The summed E-state index contributed by atoms with van der Waals surface area (Å²) in [5.74, 6) is 1.82. The number of benzene rings is 1. The SMILES string of the molecule is CC12CC3CC(C1)CC(C(N)c1ccccc1Cl)(C3)C2. The van der Waals surface area contributed by atoms with Crippen LogP contribution in [-0.2, 0) is 0 Å². The predicted octanol–water partition coefficient (Wildman–Crippen LogP) is 4.95. The molecule has 4 aliphatic rings. The number of hydrogen-bond donors (Lipinski definition) is 1. The van der Waals surface area contributed by atoms with Crippen LogP contribution >= 0.6 is 11.6 Å². The molecule has 0 amide bonds. The Balaban J connectivity index is 1.73. The van der Waals surface area contributed by atoms with Crippen LogP contribution in [0.1, 0.15) is 57.1 Å². The molecule has 1 aromatic carbocycles. The van der Waals surface area contributed by atoms with Crippen molar-refractivity contribution < 1.29 is 0 Å². The number of rotatable bonds is 2. The fourth-order valence-electron chi connectivity index (χ4n) is 6.22. The van der Waals surface area contributed by atoms with Crippen molar-refractivity contribution in [3.05, 3.63) is 34.9 Å². The van der Waals surface area contributed by atoms with Gasteiger partial charge in [0.25, 0.3) is 0 Å². The number of halogens is 1. The topological polar surface area (TPSA) is 26.0 Å². The Kier molecular flexibility index (Phi) is 2.79. The fourth-order valence-corrected chi connectivity index (χ4v) is 6.47. The van der Waals surface area contributed by atoms with E-state index >= 15 is 0 Å². The van der Waals surface area contributed by atoms with Crippen LogP contribution in [0.4, 0.5) is 0 Å². The van der Waals surface area contributed by atoms with Gasteiger partial charge in [0.05, 0.1) is 0 Å². The molecule has 1 nitrogen and oxygen atoms in total. The largest absolute Gasteiger partial charge is 0.323 e. The summed E-state index contributed by atoms with van der Waals surface area (Å²) in [6.07, 6.45) is 8.27. The standard InChI is InChI=1S/C18H24ClN/c1-17-7-12-6-13(8-17)10-18(9-12,11-17)16(20)14-4-2-3-5-15(14)19/h2-5,12-13,16H,6-11,20H2,1H3. The Morgan fingerprint density at radius 1 is 1.15 bits per heavy atom. The summed E-state index contributed by atoms with van der Waals surface area (Å²) in [6.45, 7) is 2.50. The molecular formula is C18H24ClN. The Labute approximate surface area is 126 Å². The maximum absolute atomic E-state index is 6.77. The normalized spacial score (nSPS) is 43.8. The summed E-state index contributed by atoms with van der Waals surface area (Å²) in [6, 6.07) is 8.30. The van der Waals surface area contributed by atoms with Crippen molar-refractivity contribution >= 4 is 11.6 Å². The first-order valence-electron chi connectivity index (χ1n) is 8.00. The van der Waals surface area contributed by atoms with Crippen LogP contribution in [0.2, 0.25) is 5.02 Å². The summed E-state index contributed by atoms with van der Waals surface area (Å²) < 4.78 is 0. The second-order valence-electron chi connectivity index (χ2n) is 8.13. The van der Waals surface area contributed by atoms with E-state index in [4.69, 9.17) is 17.3 Å². The fraction of sp³-hybridized carbons (Fsp3) is 0.667. The molecule has 0 aliphatic heterocycles. The molecule has 3 atom stereocenters. The lowest BCUT2D eigenvalue weighted by molar-refractivity contribution is -0.113. The maximum Gasteiger partial charge on any atom is 0.0453 e. The first-order chi connectivity index (χ1) is 9.50. The van der Waals surface area contributed by atoms with E-state index in [0.717, 1.165) is 16.9 Å². The first kappa shape index (κ1) is 13.2. The van der Waals surface area contributed by atoms with E-state index in [1.165, 1.54) is 44.1 Å². The summed E-state index contributed by atoms with van der Waals surface area (Å²) in [5, 5.41) is 0.848. The van der Waals surface area contributed by atoms with Gasteiger partial charge in [0.2, 0.25) is 0 Å². The molecule has 0 aromatic heterocycles. The Morgan fingerprint density at radius 2 is 1.80 bits per heavy atom. The van der Waals surface area contributed by atoms with Crippen LogP contribution in [0, 0.1) is 22.7 Å². The van der Waals surface area contributed by atoms with E-state index in [1.807, 2.05) is 12.1 Å². The zero-order valence-corrected chi connectivity index (χ0v) is 13.0. The molecule has 20 heavy (non-hydrogen) atoms. The Hall–Kier alpha value is -0.530. The van der Waals surface area contributed by atoms with Crippen molar-refractivity contribution in [2.24, 2.45) is 28.4 Å². The molecule has 1 aromatic rings. The monoisotopic (exact) mass is 289 g/mol. The third-order valence-electron chi connectivity index (χ3n) is 6.30. The lowest BCUT2D eigenvalue weighted by atomic mass is 9.43. The zero-order valence-electron chi connectivity index (χ0n) is 12.2. The third kappa shape index (κ3) is 1.86. The van der Waals surface area contributed by atoms with Crippen molar-refractivity contribution in [1.82, 2.24) is 0 Å². The molecule has 0 radical (unpaired) electrons. The average Bonchev–Trinajstić information content (AvgIpc) is 2.35. The Morgan fingerprint density at radius 3 is 2.40 bits per heavy atom. The molecule has 0 heterocycles. The van der Waals surface area contributed by atoms with Crippen molar-refractivity contribution in [3.63, 3.8) is 0 Å². The van der Waals surface area contributed by atoms with Gasteiger partial charge < -0.3 is 5.73 Å². The molecule has 2 heteroatoms. The minimum atomic E-state index is 0.112. The van der Waals surface area contributed by atoms with E-state index in [-0.39, 0.29) is 6.04 Å². The van der Waals surface area contributed by atoms with Gasteiger partial charge >= 0.3 is 0 Å². The molecule has 4 saturated carbocycles. The van der Waals surface area contributed by atoms with Gasteiger partial charge in [-0.15, -0.1) is 0 Å². The van der Waals surface area contributed by atoms with Gasteiger partial charge in [-0.25, -0.2) is 0 Å². The molecule has 4 fully saturated rings. The maximum atomic E-state index is 6.77. The molecule has 0 saturated heterocycles. The van der Waals surface area contributed by atoms with Gasteiger partial charge in [-0.05, 0) is 72.8 Å². The zero-order chi connectivity index (χ0) is 14.0. The quantitative estimate of drug-likeness (QED) is 0.819. The van der Waals surface area contributed by atoms with Crippen molar-refractivity contribution in [2.45, 2.75) is 51.5 Å². The van der Waals surface area contributed by atoms with Crippen LogP contribution in [0.25, 0.3) is 0 Å². The molecule has 5 rings (SSSR count). The van der Waals surface area contributed by atoms with E-state index in [2.05, 4.69) is 19.1 Å². The van der Waals surface area contributed by atoms with Gasteiger partial charge in [0.1, 0.15) is 0 Å². The highest BCUT2D eigenvalue weighted by Gasteiger charge is 2.58. The van der Waals surface area contributed by atoms with Gasteiger partial charge in [0, 0.05) is 11.1 Å². The van der Waals surface area contributed by atoms with Gasteiger partial charge in [-0.3, -0.25) is 0 Å². The van der Waals surface area contributed by atoms with Gasteiger partial charge in [-0.2, -0.15) is 0 Å². The predicted molar refractivity (Wildman–Crippen MR) is 83.6 cm³/mol. The number of nitrogens with two attached hydrogens (primary N) is 1. The average molecular weight is 290 g/mol. The highest BCUT2D eigenvalue weighted by Crippen LogP contribution is 2.68. The second-order valence-corrected chi connectivity index (χ2v) is 8.54. The summed E-state index contributed by atoms with van der Waals surface area (Å²) in [4.78, 5) is 0. The summed E-state index contributed by atoms with van der Waals surface area (Å²) in [5.41, 5.74) is 8.79. The van der Waals surface area contributed by atoms with Crippen LogP contribution < -0.4 is 5.73 Å². The molecule has 4 aliphatic carbocycles. The van der Waals surface area contributed by atoms with Gasteiger partial charge in [0.15, 0.2) is 0 Å². The molecule has 108 valence electrons. The lowest BCUT2D eigenvalue weighted by Crippen LogP contribution is -2.54. The lowest BCUT2D eigenvalue weighted by Gasteiger charge is -2.63. The van der Waals surface area contributed by atoms with Crippen LogP contribution in [0.5, 0.6) is 0 Å². The first-order valence-corrected chi connectivity index (χ1v) is 8.38. The highest BCUT2D eigenvalue weighted by molar-refractivity contribution is 6.31.